The van der Waals surface area contributed by atoms with Gasteiger partial charge in [0.15, 0.2) is 0 Å². The highest BCUT2D eigenvalue weighted by Crippen LogP contribution is 2.32. The number of nitrogens with zero attached hydrogens (tertiary/aromatic N) is 4. The molecule has 10 heteroatoms. The topological polar surface area (TPSA) is 64.2 Å². The van der Waals surface area contributed by atoms with Crippen LogP contribution in [0, 0.1) is 0 Å². The van der Waals surface area contributed by atoms with E-state index in [1.165, 1.54) is 11.0 Å². The standard InChI is InChI=1S/C21H25F3N4O3/c22-21(23,24)15-4-3-5-16(14-15)25-10-12-26(13-11-25)18(29)7-9-28-19(30)17-6-1-2-8-27(17)20(28)31/h3-5,14,17H,1-2,6-13H2. The van der Waals surface area contributed by atoms with Gasteiger partial charge in [-0.3, -0.25) is 14.5 Å². The second kappa shape index (κ2) is 8.39. The second-order valence-electron chi connectivity index (χ2n) is 8.14. The van der Waals surface area contributed by atoms with Crippen molar-refractivity contribution in [3.63, 3.8) is 0 Å². The minimum atomic E-state index is -4.40. The molecule has 1 aromatic rings. The fourth-order valence-electron chi connectivity index (χ4n) is 4.51. The van der Waals surface area contributed by atoms with Gasteiger partial charge in [-0.05, 0) is 37.5 Å². The Hall–Kier alpha value is -2.78. The van der Waals surface area contributed by atoms with Gasteiger partial charge in [-0.1, -0.05) is 6.07 Å². The molecular weight excluding hydrogens is 413 g/mol. The van der Waals surface area contributed by atoms with Crippen molar-refractivity contribution in [3.05, 3.63) is 29.8 Å². The molecule has 0 saturated carbocycles. The van der Waals surface area contributed by atoms with Crippen LogP contribution in [0.2, 0.25) is 0 Å². The lowest BCUT2D eigenvalue weighted by Crippen LogP contribution is -2.49. The lowest BCUT2D eigenvalue weighted by molar-refractivity contribution is -0.137. The molecule has 0 aromatic heterocycles. The zero-order valence-corrected chi connectivity index (χ0v) is 17.1. The molecule has 3 heterocycles. The number of anilines is 1. The Kier molecular flexibility index (Phi) is 5.81. The first-order valence-corrected chi connectivity index (χ1v) is 10.6. The fourth-order valence-corrected chi connectivity index (χ4v) is 4.51. The van der Waals surface area contributed by atoms with Gasteiger partial charge in [-0.25, -0.2) is 4.79 Å². The van der Waals surface area contributed by atoms with Crippen LogP contribution in [0.15, 0.2) is 24.3 Å². The molecule has 3 saturated heterocycles. The molecule has 3 aliphatic heterocycles. The Bertz CT molecular complexity index is 844. The van der Waals surface area contributed by atoms with Crippen LogP contribution in [0.4, 0.5) is 23.7 Å². The third-order valence-corrected chi connectivity index (χ3v) is 6.25. The molecule has 4 rings (SSSR count). The van der Waals surface area contributed by atoms with Crippen molar-refractivity contribution in [1.29, 1.82) is 0 Å². The van der Waals surface area contributed by atoms with E-state index >= 15 is 0 Å². The summed E-state index contributed by atoms with van der Waals surface area (Å²) >= 11 is 0. The molecule has 1 aromatic carbocycles. The number of hydrogen-bond donors (Lipinski definition) is 0. The van der Waals surface area contributed by atoms with Crippen LogP contribution in [0.25, 0.3) is 0 Å². The first-order chi connectivity index (χ1) is 14.8. The van der Waals surface area contributed by atoms with Crippen LogP contribution in [-0.4, -0.2) is 77.9 Å². The number of benzene rings is 1. The molecule has 0 N–H and O–H groups in total. The second-order valence-corrected chi connectivity index (χ2v) is 8.14. The van der Waals surface area contributed by atoms with E-state index in [9.17, 15) is 27.6 Å². The van der Waals surface area contributed by atoms with Gasteiger partial charge >= 0.3 is 12.2 Å². The predicted molar refractivity (Wildman–Crippen MR) is 106 cm³/mol. The molecule has 0 aliphatic carbocycles. The summed E-state index contributed by atoms with van der Waals surface area (Å²) in [5.41, 5.74) is -0.216. The molecule has 0 radical (unpaired) electrons. The molecule has 168 valence electrons. The van der Waals surface area contributed by atoms with Crippen LogP contribution in [0.3, 0.4) is 0 Å². The summed E-state index contributed by atoms with van der Waals surface area (Å²) in [5.74, 6) is -0.374. The van der Waals surface area contributed by atoms with Gasteiger partial charge in [0.2, 0.25) is 5.91 Å². The average molecular weight is 438 g/mol. The molecule has 4 amide bonds. The van der Waals surface area contributed by atoms with E-state index in [-0.39, 0.29) is 36.9 Å². The molecule has 7 nitrogen and oxygen atoms in total. The van der Waals surface area contributed by atoms with E-state index in [1.54, 1.807) is 15.9 Å². The van der Waals surface area contributed by atoms with Crippen LogP contribution >= 0.6 is 0 Å². The quantitative estimate of drug-likeness (QED) is 0.678. The van der Waals surface area contributed by atoms with Gasteiger partial charge in [0.25, 0.3) is 5.91 Å². The largest absolute Gasteiger partial charge is 0.416 e. The Morgan fingerprint density at radius 2 is 1.77 bits per heavy atom. The number of piperazine rings is 1. The summed E-state index contributed by atoms with van der Waals surface area (Å²) in [5, 5.41) is 0. The number of carbonyl (C=O) groups is 3. The zero-order valence-electron chi connectivity index (χ0n) is 17.1. The van der Waals surface area contributed by atoms with E-state index < -0.39 is 11.7 Å². The van der Waals surface area contributed by atoms with Crippen molar-refractivity contribution in [1.82, 2.24) is 14.7 Å². The van der Waals surface area contributed by atoms with E-state index in [1.807, 2.05) is 4.90 Å². The molecule has 3 aliphatic rings. The molecule has 0 bridgehead atoms. The number of halogens is 3. The third kappa shape index (κ3) is 4.33. The number of fused-ring (bicyclic) bond motifs is 1. The lowest BCUT2D eigenvalue weighted by atomic mass is 10.0. The number of carbonyl (C=O) groups excluding carboxylic acids is 3. The highest BCUT2D eigenvalue weighted by atomic mass is 19.4. The highest BCUT2D eigenvalue weighted by molar-refractivity contribution is 6.04. The van der Waals surface area contributed by atoms with E-state index in [4.69, 9.17) is 0 Å². The zero-order chi connectivity index (χ0) is 22.2. The summed E-state index contributed by atoms with van der Waals surface area (Å²) in [6, 6.07) is 4.48. The summed E-state index contributed by atoms with van der Waals surface area (Å²) in [7, 11) is 0. The molecule has 3 fully saturated rings. The van der Waals surface area contributed by atoms with Crippen LogP contribution in [-0.2, 0) is 15.8 Å². The minimum Gasteiger partial charge on any atom is -0.368 e. The number of hydrogen-bond acceptors (Lipinski definition) is 4. The van der Waals surface area contributed by atoms with E-state index in [2.05, 4.69) is 0 Å². The van der Waals surface area contributed by atoms with Gasteiger partial charge in [-0.2, -0.15) is 13.2 Å². The smallest absolute Gasteiger partial charge is 0.368 e. The number of urea groups is 1. The summed E-state index contributed by atoms with van der Waals surface area (Å²) in [6.07, 6.45) is -1.86. The van der Waals surface area contributed by atoms with Crippen LogP contribution in [0.5, 0.6) is 0 Å². The van der Waals surface area contributed by atoms with Crippen LogP contribution < -0.4 is 4.90 Å². The van der Waals surface area contributed by atoms with E-state index in [0.717, 1.165) is 25.0 Å². The Balaban J connectivity index is 1.29. The Morgan fingerprint density at radius 3 is 2.45 bits per heavy atom. The first kappa shape index (κ1) is 21.5. The van der Waals surface area contributed by atoms with Gasteiger partial charge < -0.3 is 14.7 Å². The normalized spacial score (nSPS) is 22.2. The van der Waals surface area contributed by atoms with Crippen molar-refractivity contribution < 1.29 is 27.6 Å². The predicted octanol–water partition coefficient (Wildman–Crippen LogP) is 2.56. The van der Waals surface area contributed by atoms with Crippen molar-refractivity contribution >= 4 is 23.5 Å². The lowest BCUT2D eigenvalue weighted by Gasteiger charge is -2.36. The Morgan fingerprint density at radius 1 is 1.03 bits per heavy atom. The van der Waals surface area contributed by atoms with Crippen molar-refractivity contribution in [2.24, 2.45) is 0 Å². The fraction of sp³-hybridized carbons (Fsp3) is 0.571. The maximum Gasteiger partial charge on any atom is 0.416 e. The number of imide groups is 1. The van der Waals surface area contributed by atoms with E-state index in [0.29, 0.717) is 44.8 Å². The number of alkyl halides is 3. The van der Waals surface area contributed by atoms with Gasteiger partial charge in [0.05, 0.1) is 5.56 Å². The van der Waals surface area contributed by atoms with Crippen molar-refractivity contribution in [2.45, 2.75) is 37.9 Å². The third-order valence-electron chi connectivity index (χ3n) is 6.25. The van der Waals surface area contributed by atoms with Crippen molar-refractivity contribution in [2.75, 3.05) is 44.2 Å². The maximum absolute atomic E-state index is 12.9. The summed E-state index contributed by atoms with van der Waals surface area (Å²) in [4.78, 5) is 43.8. The molecule has 0 spiro atoms. The van der Waals surface area contributed by atoms with Gasteiger partial charge in [0, 0.05) is 51.4 Å². The minimum absolute atomic E-state index is 0.0571. The summed E-state index contributed by atoms with van der Waals surface area (Å²) in [6.45, 7) is 2.25. The molecule has 1 unspecified atom stereocenters. The SMILES string of the molecule is O=C(CCN1C(=O)C2CCCCN2C1=O)N1CCN(c2cccc(C(F)(F)F)c2)CC1. The number of amides is 4. The maximum atomic E-state index is 12.9. The first-order valence-electron chi connectivity index (χ1n) is 10.6. The summed E-state index contributed by atoms with van der Waals surface area (Å²) < 4.78 is 38.8. The van der Waals surface area contributed by atoms with Crippen molar-refractivity contribution in [3.8, 4) is 0 Å². The molecule has 31 heavy (non-hydrogen) atoms. The number of rotatable bonds is 4. The van der Waals surface area contributed by atoms with Gasteiger partial charge in [0.1, 0.15) is 6.04 Å². The molecular formula is C21H25F3N4O3. The highest BCUT2D eigenvalue weighted by Gasteiger charge is 2.45. The van der Waals surface area contributed by atoms with Crippen LogP contribution in [0.1, 0.15) is 31.2 Å². The van der Waals surface area contributed by atoms with Gasteiger partial charge in [-0.15, -0.1) is 0 Å². The Labute approximate surface area is 178 Å². The molecule has 1 atom stereocenters. The number of piperidine rings is 1. The monoisotopic (exact) mass is 438 g/mol. The average Bonchev–Trinajstić information content (AvgIpc) is 3.02.